The lowest BCUT2D eigenvalue weighted by molar-refractivity contribution is 0.0747. The smallest absolute Gasteiger partial charge is 0.0702 e. The van der Waals surface area contributed by atoms with Gasteiger partial charge < -0.3 is 10.1 Å². The van der Waals surface area contributed by atoms with Crippen molar-refractivity contribution < 1.29 is 4.74 Å². The molecule has 0 bridgehead atoms. The van der Waals surface area contributed by atoms with Crippen LogP contribution >= 0.6 is 0 Å². The first-order valence-corrected chi connectivity index (χ1v) is 8.44. The third kappa shape index (κ3) is 4.17. The van der Waals surface area contributed by atoms with Crippen molar-refractivity contribution in [2.24, 2.45) is 11.8 Å². The molecule has 0 amide bonds. The Bertz CT molecular complexity index is 258. The quantitative estimate of drug-likeness (QED) is 0.693. The van der Waals surface area contributed by atoms with Gasteiger partial charge in [-0.2, -0.15) is 0 Å². The van der Waals surface area contributed by atoms with Crippen LogP contribution < -0.4 is 5.32 Å². The van der Waals surface area contributed by atoms with E-state index in [-0.39, 0.29) is 0 Å². The number of nitrogens with one attached hydrogen (secondary N) is 1. The Kier molecular flexibility index (Phi) is 4.78. The Hall–Kier alpha value is -0.120. The molecular weight excluding hydrogens is 236 g/mol. The molecule has 0 radical (unpaired) electrons. The van der Waals surface area contributed by atoms with Crippen LogP contribution in [0.3, 0.4) is 0 Å². The second-order valence-corrected chi connectivity index (χ2v) is 6.68. The van der Waals surface area contributed by atoms with Gasteiger partial charge in [0.2, 0.25) is 0 Å². The largest absolute Gasteiger partial charge is 0.377 e. The minimum atomic E-state index is 0.502. The molecule has 1 N–H and O–H groups in total. The van der Waals surface area contributed by atoms with Gasteiger partial charge in [-0.15, -0.1) is 0 Å². The van der Waals surface area contributed by atoms with E-state index in [9.17, 15) is 0 Å². The first kappa shape index (κ1) is 13.8. The van der Waals surface area contributed by atoms with Crippen molar-refractivity contribution in [2.75, 3.05) is 32.8 Å². The summed E-state index contributed by atoms with van der Waals surface area (Å²) in [7, 11) is 0. The third-order valence-electron chi connectivity index (χ3n) is 5.00. The molecule has 0 spiro atoms. The first-order valence-electron chi connectivity index (χ1n) is 8.44. The van der Waals surface area contributed by atoms with Crippen LogP contribution in [0.2, 0.25) is 0 Å². The summed E-state index contributed by atoms with van der Waals surface area (Å²) >= 11 is 0. The summed E-state index contributed by atoms with van der Waals surface area (Å²) in [4.78, 5) is 2.56. The molecular formula is C16H30N2O. The first-order chi connectivity index (χ1) is 9.36. The van der Waals surface area contributed by atoms with Gasteiger partial charge in [-0.3, -0.25) is 4.90 Å². The van der Waals surface area contributed by atoms with Gasteiger partial charge in [-0.25, -0.2) is 0 Å². The van der Waals surface area contributed by atoms with E-state index in [0.29, 0.717) is 6.10 Å². The fourth-order valence-corrected chi connectivity index (χ4v) is 3.47. The summed E-state index contributed by atoms with van der Waals surface area (Å²) in [5.41, 5.74) is 0. The van der Waals surface area contributed by atoms with Gasteiger partial charge in [0.1, 0.15) is 0 Å². The molecule has 0 aromatic heterocycles. The maximum Gasteiger partial charge on any atom is 0.0702 e. The Morgan fingerprint density at radius 2 is 1.89 bits per heavy atom. The van der Waals surface area contributed by atoms with Crippen molar-refractivity contribution in [1.82, 2.24) is 10.2 Å². The Balaban J connectivity index is 1.34. The molecule has 1 atom stereocenters. The molecule has 0 aromatic carbocycles. The van der Waals surface area contributed by atoms with Crippen LogP contribution in [0.25, 0.3) is 0 Å². The maximum atomic E-state index is 5.75. The standard InChI is InChI=1S/C16H30N2O/c1-2-18(12-15-4-3-11-19-15)10-9-17-16(13-5-6-13)14-7-8-14/h13-17H,2-12H2,1H3. The molecule has 3 rings (SSSR count). The van der Waals surface area contributed by atoms with Crippen LogP contribution in [0.1, 0.15) is 45.4 Å². The number of nitrogens with zero attached hydrogens (tertiary/aromatic N) is 1. The SMILES string of the molecule is CCN(CCNC(C1CC1)C1CC1)CC1CCCO1. The van der Waals surface area contributed by atoms with Gasteiger partial charge in [-0.05, 0) is 56.9 Å². The summed E-state index contributed by atoms with van der Waals surface area (Å²) in [6, 6.07) is 0.849. The van der Waals surface area contributed by atoms with E-state index in [1.807, 2.05) is 0 Å². The lowest BCUT2D eigenvalue weighted by Crippen LogP contribution is -2.41. The van der Waals surface area contributed by atoms with Gasteiger partial charge in [0.05, 0.1) is 6.10 Å². The molecule has 19 heavy (non-hydrogen) atoms. The predicted octanol–water partition coefficient (Wildman–Crippen LogP) is 2.27. The molecule has 110 valence electrons. The molecule has 2 aliphatic carbocycles. The third-order valence-corrected chi connectivity index (χ3v) is 5.00. The van der Waals surface area contributed by atoms with Gasteiger partial charge in [0.15, 0.2) is 0 Å². The van der Waals surface area contributed by atoms with Gasteiger partial charge >= 0.3 is 0 Å². The van der Waals surface area contributed by atoms with Crippen molar-refractivity contribution in [3.05, 3.63) is 0 Å². The van der Waals surface area contributed by atoms with Crippen LogP contribution in [0.4, 0.5) is 0 Å². The fraction of sp³-hybridized carbons (Fsp3) is 1.00. The van der Waals surface area contributed by atoms with E-state index >= 15 is 0 Å². The lowest BCUT2D eigenvalue weighted by atomic mass is 10.1. The second-order valence-electron chi connectivity index (χ2n) is 6.68. The van der Waals surface area contributed by atoms with E-state index in [2.05, 4.69) is 17.1 Å². The maximum absolute atomic E-state index is 5.75. The minimum Gasteiger partial charge on any atom is -0.377 e. The van der Waals surface area contributed by atoms with E-state index in [4.69, 9.17) is 4.74 Å². The highest BCUT2D eigenvalue weighted by atomic mass is 16.5. The van der Waals surface area contributed by atoms with Crippen LogP contribution in [0.15, 0.2) is 0 Å². The molecule has 1 unspecified atom stereocenters. The number of likely N-dealkylation sites (N-methyl/N-ethyl adjacent to an activating group) is 1. The van der Waals surface area contributed by atoms with Crippen molar-refractivity contribution in [1.29, 1.82) is 0 Å². The Morgan fingerprint density at radius 1 is 1.16 bits per heavy atom. The molecule has 3 nitrogen and oxygen atoms in total. The van der Waals surface area contributed by atoms with Crippen LogP contribution in [-0.4, -0.2) is 49.8 Å². The lowest BCUT2D eigenvalue weighted by Gasteiger charge is -2.25. The number of rotatable bonds is 9. The minimum absolute atomic E-state index is 0.502. The summed E-state index contributed by atoms with van der Waals surface area (Å²) in [6.45, 7) is 7.89. The molecule has 3 fully saturated rings. The summed E-state index contributed by atoms with van der Waals surface area (Å²) < 4.78 is 5.75. The zero-order valence-electron chi connectivity index (χ0n) is 12.4. The van der Waals surface area contributed by atoms with Gasteiger partial charge in [0.25, 0.3) is 0 Å². The molecule has 1 heterocycles. The zero-order valence-corrected chi connectivity index (χ0v) is 12.4. The average Bonchev–Trinajstić information content (AvgIpc) is 3.34. The topological polar surface area (TPSA) is 24.5 Å². The van der Waals surface area contributed by atoms with E-state index in [0.717, 1.165) is 44.1 Å². The number of ether oxygens (including phenoxy) is 1. The second kappa shape index (κ2) is 6.55. The zero-order chi connectivity index (χ0) is 13.1. The predicted molar refractivity (Wildman–Crippen MR) is 78.3 cm³/mol. The van der Waals surface area contributed by atoms with E-state index in [1.54, 1.807) is 0 Å². The normalized spacial score (nSPS) is 27.6. The highest BCUT2D eigenvalue weighted by Gasteiger charge is 2.40. The molecule has 1 saturated heterocycles. The molecule has 0 aromatic rings. The van der Waals surface area contributed by atoms with E-state index < -0.39 is 0 Å². The van der Waals surface area contributed by atoms with Gasteiger partial charge in [-0.1, -0.05) is 6.92 Å². The molecule has 1 aliphatic heterocycles. The summed E-state index contributed by atoms with van der Waals surface area (Å²) in [6.07, 6.45) is 8.91. The highest BCUT2D eigenvalue weighted by molar-refractivity contribution is 4.96. The fourth-order valence-electron chi connectivity index (χ4n) is 3.47. The molecule has 2 saturated carbocycles. The van der Waals surface area contributed by atoms with Crippen molar-refractivity contribution in [3.63, 3.8) is 0 Å². The van der Waals surface area contributed by atoms with Crippen LogP contribution in [0.5, 0.6) is 0 Å². The van der Waals surface area contributed by atoms with Crippen molar-refractivity contribution in [3.8, 4) is 0 Å². The number of hydrogen-bond acceptors (Lipinski definition) is 3. The Morgan fingerprint density at radius 3 is 2.42 bits per heavy atom. The van der Waals surface area contributed by atoms with Gasteiger partial charge in [0, 0.05) is 32.3 Å². The van der Waals surface area contributed by atoms with Crippen molar-refractivity contribution >= 4 is 0 Å². The summed E-state index contributed by atoms with van der Waals surface area (Å²) in [5, 5.41) is 3.85. The Labute approximate surface area is 118 Å². The summed E-state index contributed by atoms with van der Waals surface area (Å²) in [5.74, 6) is 2.03. The average molecular weight is 266 g/mol. The molecule has 3 aliphatic rings. The van der Waals surface area contributed by atoms with Crippen LogP contribution in [0, 0.1) is 11.8 Å². The monoisotopic (exact) mass is 266 g/mol. The number of hydrogen-bond donors (Lipinski definition) is 1. The van der Waals surface area contributed by atoms with Crippen molar-refractivity contribution in [2.45, 2.75) is 57.6 Å². The van der Waals surface area contributed by atoms with Crippen LogP contribution in [-0.2, 0) is 4.74 Å². The van der Waals surface area contributed by atoms with E-state index in [1.165, 1.54) is 45.1 Å². The molecule has 3 heteroatoms. The highest BCUT2D eigenvalue weighted by Crippen LogP contribution is 2.44.